The Morgan fingerprint density at radius 1 is 1.18 bits per heavy atom. The highest BCUT2D eigenvalue weighted by molar-refractivity contribution is 5.76. The molecule has 2 N–H and O–H groups in total. The number of fused-ring (bicyclic) bond motifs is 3. The van der Waals surface area contributed by atoms with Crippen LogP contribution in [0, 0.1) is 6.92 Å². The van der Waals surface area contributed by atoms with Gasteiger partial charge in [0.1, 0.15) is 29.7 Å². The van der Waals surface area contributed by atoms with Gasteiger partial charge >= 0.3 is 0 Å². The standard InChI is InChI=1S/C24H31N7O2/c1-15(2)31-24(26-16(3)28-31)20-13-30-10-11-33-21-12-18(4-5-19(21)23(30)27-20)17-6-8-29(9-7-17)14-22(25)32/h4-5,12-13,15,17H,6-11,14H2,1-3H3,(H2,25,32). The second-order valence-electron chi connectivity index (χ2n) is 9.28. The summed E-state index contributed by atoms with van der Waals surface area (Å²) in [6, 6.07) is 6.71. The van der Waals surface area contributed by atoms with E-state index < -0.39 is 0 Å². The van der Waals surface area contributed by atoms with E-state index in [4.69, 9.17) is 15.5 Å². The number of hydrogen-bond acceptors (Lipinski definition) is 6. The number of aryl methyl sites for hydroxylation is 1. The predicted octanol–water partition coefficient (Wildman–Crippen LogP) is 2.76. The topological polar surface area (TPSA) is 104 Å². The van der Waals surface area contributed by atoms with Gasteiger partial charge < -0.3 is 15.0 Å². The molecule has 174 valence electrons. The maximum absolute atomic E-state index is 11.2. The number of benzene rings is 1. The van der Waals surface area contributed by atoms with Gasteiger partial charge in [-0.1, -0.05) is 6.07 Å². The normalized spacial score (nSPS) is 16.8. The number of nitrogens with two attached hydrogens (primary N) is 1. The minimum absolute atomic E-state index is 0.204. The van der Waals surface area contributed by atoms with E-state index in [1.165, 1.54) is 5.56 Å². The zero-order valence-electron chi connectivity index (χ0n) is 19.5. The first-order valence-electron chi connectivity index (χ1n) is 11.7. The Bertz CT molecular complexity index is 1170. The van der Waals surface area contributed by atoms with Crippen LogP contribution in [0.5, 0.6) is 5.75 Å². The van der Waals surface area contributed by atoms with Crippen molar-refractivity contribution in [2.24, 2.45) is 5.73 Å². The van der Waals surface area contributed by atoms with Gasteiger partial charge in [0.05, 0.1) is 18.7 Å². The molecule has 0 radical (unpaired) electrons. The number of likely N-dealkylation sites (tertiary alicyclic amines) is 1. The molecule has 5 rings (SSSR count). The second-order valence-corrected chi connectivity index (χ2v) is 9.28. The van der Waals surface area contributed by atoms with Gasteiger partial charge in [0.25, 0.3) is 0 Å². The summed E-state index contributed by atoms with van der Waals surface area (Å²) in [5.74, 6) is 3.51. The van der Waals surface area contributed by atoms with Crippen LogP contribution in [0.1, 0.15) is 50.0 Å². The SMILES string of the molecule is Cc1nc(-c2cn3c(n2)-c2ccc(C4CCN(CC(N)=O)CC4)cc2OCC3)n(C(C)C)n1. The van der Waals surface area contributed by atoms with Crippen LogP contribution in [-0.4, -0.2) is 61.4 Å². The third-order valence-corrected chi connectivity index (χ3v) is 6.51. The highest BCUT2D eigenvalue weighted by atomic mass is 16.5. The summed E-state index contributed by atoms with van der Waals surface area (Å²) >= 11 is 0. The molecule has 0 bridgehead atoms. The maximum atomic E-state index is 11.2. The van der Waals surface area contributed by atoms with Crippen LogP contribution >= 0.6 is 0 Å². The Hall–Kier alpha value is -3.20. The van der Waals surface area contributed by atoms with Crippen molar-refractivity contribution >= 4 is 5.91 Å². The van der Waals surface area contributed by atoms with Crippen molar-refractivity contribution in [3.63, 3.8) is 0 Å². The van der Waals surface area contributed by atoms with E-state index in [2.05, 4.69) is 57.8 Å². The Labute approximate surface area is 193 Å². The van der Waals surface area contributed by atoms with Crippen molar-refractivity contribution < 1.29 is 9.53 Å². The summed E-state index contributed by atoms with van der Waals surface area (Å²) in [5, 5.41) is 4.54. The molecule has 2 aliphatic rings. The molecule has 1 aromatic carbocycles. The molecule has 1 saturated heterocycles. The van der Waals surface area contributed by atoms with Crippen LogP contribution in [0.15, 0.2) is 24.4 Å². The molecule has 4 heterocycles. The van der Waals surface area contributed by atoms with Gasteiger partial charge in [-0.15, -0.1) is 0 Å². The van der Waals surface area contributed by atoms with E-state index >= 15 is 0 Å². The van der Waals surface area contributed by atoms with Crippen LogP contribution in [0.2, 0.25) is 0 Å². The number of primary amides is 1. The molecule has 0 saturated carbocycles. The molecule has 2 aromatic heterocycles. The monoisotopic (exact) mass is 449 g/mol. The highest BCUT2D eigenvalue weighted by Crippen LogP contribution is 2.38. The smallest absolute Gasteiger partial charge is 0.231 e. The molecule has 1 fully saturated rings. The van der Waals surface area contributed by atoms with E-state index in [0.29, 0.717) is 19.1 Å². The Balaban J connectivity index is 1.42. The average Bonchev–Trinajstić information content (AvgIpc) is 3.33. The molecule has 1 amide bonds. The zero-order chi connectivity index (χ0) is 23.1. The van der Waals surface area contributed by atoms with Gasteiger partial charge in [-0.05, 0) is 70.3 Å². The summed E-state index contributed by atoms with van der Waals surface area (Å²) in [5.41, 5.74) is 8.46. The van der Waals surface area contributed by atoms with Gasteiger partial charge in [0, 0.05) is 12.2 Å². The molecular weight excluding hydrogens is 418 g/mol. The largest absolute Gasteiger partial charge is 0.491 e. The molecule has 2 aliphatic heterocycles. The summed E-state index contributed by atoms with van der Waals surface area (Å²) in [6.07, 6.45) is 4.07. The lowest BCUT2D eigenvalue weighted by atomic mass is 9.88. The number of ether oxygens (including phenoxy) is 1. The minimum Gasteiger partial charge on any atom is -0.491 e. The van der Waals surface area contributed by atoms with Crippen molar-refractivity contribution in [2.45, 2.75) is 52.1 Å². The molecule has 0 spiro atoms. The summed E-state index contributed by atoms with van der Waals surface area (Å²) in [7, 11) is 0. The fourth-order valence-corrected chi connectivity index (χ4v) is 4.87. The lowest BCUT2D eigenvalue weighted by Gasteiger charge is -2.31. The summed E-state index contributed by atoms with van der Waals surface area (Å²) in [4.78, 5) is 22.9. The number of piperidine rings is 1. The molecule has 0 unspecified atom stereocenters. The molecule has 0 atom stereocenters. The second kappa shape index (κ2) is 8.62. The van der Waals surface area contributed by atoms with E-state index in [0.717, 1.165) is 67.0 Å². The number of hydrogen-bond donors (Lipinski definition) is 1. The number of nitrogens with zero attached hydrogens (tertiary/aromatic N) is 6. The molecule has 3 aromatic rings. The fraction of sp³-hybridized carbons (Fsp3) is 0.500. The lowest BCUT2D eigenvalue weighted by molar-refractivity contribution is -0.119. The predicted molar refractivity (Wildman–Crippen MR) is 125 cm³/mol. The first-order valence-corrected chi connectivity index (χ1v) is 11.7. The maximum Gasteiger partial charge on any atom is 0.231 e. The van der Waals surface area contributed by atoms with Crippen molar-refractivity contribution in [2.75, 3.05) is 26.2 Å². The van der Waals surface area contributed by atoms with E-state index in [9.17, 15) is 4.79 Å². The van der Waals surface area contributed by atoms with Crippen molar-refractivity contribution in [3.05, 3.63) is 35.8 Å². The Morgan fingerprint density at radius 3 is 2.70 bits per heavy atom. The van der Waals surface area contributed by atoms with E-state index in [-0.39, 0.29) is 11.9 Å². The summed E-state index contributed by atoms with van der Waals surface area (Å²) in [6.45, 7) is 9.54. The van der Waals surface area contributed by atoms with Crippen LogP contribution < -0.4 is 10.5 Å². The van der Waals surface area contributed by atoms with Gasteiger partial charge in [0.2, 0.25) is 5.91 Å². The quantitative estimate of drug-likeness (QED) is 0.642. The first-order chi connectivity index (χ1) is 15.9. The molecular formula is C24H31N7O2. The third-order valence-electron chi connectivity index (χ3n) is 6.51. The third kappa shape index (κ3) is 4.25. The van der Waals surface area contributed by atoms with Crippen LogP contribution in [0.4, 0.5) is 0 Å². The molecule has 9 nitrogen and oxygen atoms in total. The van der Waals surface area contributed by atoms with E-state index in [1.807, 2.05) is 11.6 Å². The minimum atomic E-state index is -0.261. The van der Waals surface area contributed by atoms with Crippen LogP contribution in [0.25, 0.3) is 22.9 Å². The summed E-state index contributed by atoms with van der Waals surface area (Å²) < 4.78 is 10.2. The van der Waals surface area contributed by atoms with E-state index in [1.54, 1.807) is 0 Å². The number of amides is 1. The number of imidazole rings is 1. The van der Waals surface area contributed by atoms with Crippen LogP contribution in [-0.2, 0) is 11.3 Å². The number of carbonyl (C=O) groups is 1. The average molecular weight is 450 g/mol. The number of carbonyl (C=O) groups excluding carboxylic acids is 1. The molecule has 9 heteroatoms. The van der Waals surface area contributed by atoms with Gasteiger partial charge in [-0.3, -0.25) is 9.69 Å². The zero-order valence-corrected chi connectivity index (χ0v) is 19.5. The molecule has 33 heavy (non-hydrogen) atoms. The fourth-order valence-electron chi connectivity index (χ4n) is 4.87. The Kier molecular flexibility index (Phi) is 5.65. The van der Waals surface area contributed by atoms with Gasteiger partial charge in [-0.2, -0.15) is 5.10 Å². The number of rotatable bonds is 5. The highest BCUT2D eigenvalue weighted by Gasteiger charge is 2.25. The van der Waals surface area contributed by atoms with Crippen molar-refractivity contribution in [3.8, 4) is 28.7 Å². The molecule has 0 aliphatic carbocycles. The number of aromatic nitrogens is 5. The van der Waals surface area contributed by atoms with Crippen LogP contribution in [0.3, 0.4) is 0 Å². The Morgan fingerprint density at radius 2 is 1.97 bits per heavy atom. The lowest BCUT2D eigenvalue weighted by Crippen LogP contribution is -2.39. The first kappa shape index (κ1) is 21.6. The van der Waals surface area contributed by atoms with Gasteiger partial charge in [-0.25, -0.2) is 14.6 Å². The van der Waals surface area contributed by atoms with Gasteiger partial charge in [0.15, 0.2) is 5.82 Å². The van der Waals surface area contributed by atoms with Crippen molar-refractivity contribution in [1.29, 1.82) is 0 Å². The van der Waals surface area contributed by atoms with Crippen molar-refractivity contribution in [1.82, 2.24) is 29.2 Å².